The molecule has 8 heavy (non-hydrogen) atoms. The summed E-state index contributed by atoms with van der Waals surface area (Å²) < 4.78 is 0. The van der Waals surface area contributed by atoms with Crippen LogP contribution in [0.1, 0.15) is 19.3 Å². The standard InChI is InChI=1S/C7H13N/c1-8-7-4-5-2-3-6(5)7/h5-8H,2-4H2,1H3/t5?,6?,7-/m0/s1. The fourth-order valence-electron chi connectivity index (χ4n) is 2.05. The largest absolute Gasteiger partial charge is 0.317 e. The van der Waals surface area contributed by atoms with Crippen molar-refractivity contribution in [1.29, 1.82) is 0 Å². The second-order valence-electron chi connectivity index (χ2n) is 3.13. The van der Waals surface area contributed by atoms with E-state index in [-0.39, 0.29) is 0 Å². The van der Waals surface area contributed by atoms with E-state index in [0.717, 1.165) is 17.9 Å². The van der Waals surface area contributed by atoms with Crippen LogP contribution >= 0.6 is 0 Å². The average Bonchev–Trinajstić information content (AvgIpc) is 1.76. The summed E-state index contributed by atoms with van der Waals surface area (Å²) in [5, 5.41) is 3.33. The van der Waals surface area contributed by atoms with Crippen LogP contribution in [0.4, 0.5) is 0 Å². The van der Waals surface area contributed by atoms with Gasteiger partial charge < -0.3 is 5.32 Å². The SMILES string of the molecule is CN[C@H]1CC2CCC21. The zero-order chi connectivity index (χ0) is 5.56. The number of hydrogen-bond acceptors (Lipinski definition) is 1. The summed E-state index contributed by atoms with van der Waals surface area (Å²) >= 11 is 0. The van der Waals surface area contributed by atoms with Crippen molar-refractivity contribution >= 4 is 0 Å². The highest BCUT2D eigenvalue weighted by atomic mass is 14.9. The van der Waals surface area contributed by atoms with Gasteiger partial charge >= 0.3 is 0 Å². The fraction of sp³-hybridized carbons (Fsp3) is 1.00. The Labute approximate surface area is 50.5 Å². The van der Waals surface area contributed by atoms with Gasteiger partial charge in [-0.2, -0.15) is 0 Å². The van der Waals surface area contributed by atoms with Crippen molar-refractivity contribution < 1.29 is 0 Å². The highest BCUT2D eigenvalue weighted by molar-refractivity contribution is 5.00. The predicted molar refractivity (Wildman–Crippen MR) is 33.7 cm³/mol. The molecule has 46 valence electrons. The van der Waals surface area contributed by atoms with Gasteiger partial charge in [-0.1, -0.05) is 0 Å². The van der Waals surface area contributed by atoms with Crippen LogP contribution in [0.3, 0.4) is 0 Å². The Morgan fingerprint density at radius 1 is 1.38 bits per heavy atom. The molecule has 2 rings (SSSR count). The molecule has 3 atom stereocenters. The first-order valence-electron chi connectivity index (χ1n) is 3.59. The minimum absolute atomic E-state index is 0.897. The molecule has 0 bridgehead atoms. The normalized spacial score (nSPS) is 51.4. The summed E-state index contributed by atoms with van der Waals surface area (Å²) in [7, 11) is 2.08. The summed E-state index contributed by atoms with van der Waals surface area (Å²) in [6.45, 7) is 0. The molecule has 2 saturated carbocycles. The molecule has 2 unspecified atom stereocenters. The number of fused-ring (bicyclic) bond motifs is 1. The molecular formula is C7H13N. The summed E-state index contributed by atoms with van der Waals surface area (Å²) in [6.07, 6.45) is 4.47. The van der Waals surface area contributed by atoms with E-state index in [2.05, 4.69) is 12.4 Å². The van der Waals surface area contributed by atoms with E-state index < -0.39 is 0 Å². The maximum atomic E-state index is 3.33. The van der Waals surface area contributed by atoms with Crippen molar-refractivity contribution in [2.24, 2.45) is 11.8 Å². The van der Waals surface area contributed by atoms with Crippen LogP contribution in [0, 0.1) is 11.8 Å². The third kappa shape index (κ3) is 0.408. The molecule has 1 N–H and O–H groups in total. The molecule has 2 fully saturated rings. The summed E-state index contributed by atoms with van der Waals surface area (Å²) in [6, 6.07) is 0.897. The molecule has 0 heterocycles. The van der Waals surface area contributed by atoms with Crippen LogP contribution in [-0.4, -0.2) is 13.1 Å². The lowest BCUT2D eigenvalue weighted by Crippen LogP contribution is -2.54. The van der Waals surface area contributed by atoms with Gasteiger partial charge in [0.05, 0.1) is 0 Å². The van der Waals surface area contributed by atoms with E-state index in [1.54, 1.807) is 0 Å². The van der Waals surface area contributed by atoms with Crippen LogP contribution in [0.2, 0.25) is 0 Å². The molecule has 0 aromatic heterocycles. The lowest BCUT2D eigenvalue weighted by Gasteiger charge is -2.53. The van der Waals surface area contributed by atoms with Crippen LogP contribution in [0.15, 0.2) is 0 Å². The van der Waals surface area contributed by atoms with E-state index in [9.17, 15) is 0 Å². The number of rotatable bonds is 1. The fourth-order valence-corrected chi connectivity index (χ4v) is 2.05. The van der Waals surface area contributed by atoms with Gasteiger partial charge in [0.2, 0.25) is 0 Å². The maximum absolute atomic E-state index is 3.33. The van der Waals surface area contributed by atoms with Crippen molar-refractivity contribution in [3.8, 4) is 0 Å². The van der Waals surface area contributed by atoms with Gasteiger partial charge in [-0.25, -0.2) is 0 Å². The minimum Gasteiger partial charge on any atom is -0.317 e. The third-order valence-corrected chi connectivity index (χ3v) is 2.92. The first-order valence-corrected chi connectivity index (χ1v) is 3.59. The zero-order valence-electron chi connectivity index (χ0n) is 5.35. The first-order chi connectivity index (χ1) is 3.92. The van der Waals surface area contributed by atoms with Crippen LogP contribution in [-0.2, 0) is 0 Å². The van der Waals surface area contributed by atoms with Crippen molar-refractivity contribution in [3.05, 3.63) is 0 Å². The van der Waals surface area contributed by atoms with Crippen LogP contribution in [0.25, 0.3) is 0 Å². The van der Waals surface area contributed by atoms with E-state index >= 15 is 0 Å². The topological polar surface area (TPSA) is 12.0 Å². The third-order valence-electron chi connectivity index (χ3n) is 2.92. The molecule has 2 aliphatic rings. The Balaban J connectivity index is 1.89. The Kier molecular flexibility index (Phi) is 0.884. The molecular weight excluding hydrogens is 98.1 g/mol. The number of hydrogen-bond donors (Lipinski definition) is 1. The highest BCUT2D eigenvalue weighted by Crippen LogP contribution is 2.49. The maximum Gasteiger partial charge on any atom is 0.00977 e. The minimum atomic E-state index is 0.897. The Morgan fingerprint density at radius 2 is 2.25 bits per heavy atom. The molecule has 0 amide bonds. The van der Waals surface area contributed by atoms with Gasteiger partial charge in [-0.05, 0) is 38.1 Å². The van der Waals surface area contributed by atoms with Gasteiger partial charge in [0, 0.05) is 6.04 Å². The Morgan fingerprint density at radius 3 is 2.38 bits per heavy atom. The second kappa shape index (κ2) is 1.47. The smallest absolute Gasteiger partial charge is 0.00977 e. The van der Waals surface area contributed by atoms with Gasteiger partial charge in [-0.3, -0.25) is 0 Å². The van der Waals surface area contributed by atoms with Gasteiger partial charge in [0.15, 0.2) is 0 Å². The van der Waals surface area contributed by atoms with E-state index in [4.69, 9.17) is 0 Å². The van der Waals surface area contributed by atoms with Gasteiger partial charge in [0.25, 0.3) is 0 Å². The lowest BCUT2D eigenvalue weighted by molar-refractivity contribution is 0.00946. The second-order valence-corrected chi connectivity index (χ2v) is 3.13. The molecule has 0 aromatic carbocycles. The molecule has 1 nitrogen and oxygen atoms in total. The monoisotopic (exact) mass is 111 g/mol. The summed E-state index contributed by atoms with van der Waals surface area (Å²) in [5.41, 5.74) is 0. The van der Waals surface area contributed by atoms with E-state index in [1.807, 2.05) is 0 Å². The first kappa shape index (κ1) is 4.80. The molecule has 0 saturated heterocycles. The van der Waals surface area contributed by atoms with Crippen molar-refractivity contribution in [2.75, 3.05) is 7.05 Å². The van der Waals surface area contributed by atoms with Crippen molar-refractivity contribution in [2.45, 2.75) is 25.3 Å². The Bertz CT molecular complexity index is 98.6. The highest BCUT2D eigenvalue weighted by Gasteiger charge is 2.45. The quantitative estimate of drug-likeness (QED) is 0.532. The summed E-state index contributed by atoms with van der Waals surface area (Å²) in [5.74, 6) is 2.22. The molecule has 0 radical (unpaired) electrons. The van der Waals surface area contributed by atoms with Crippen LogP contribution < -0.4 is 5.32 Å². The molecule has 0 spiro atoms. The Hall–Kier alpha value is -0.0400. The molecule has 1 heteroatoms. The molecule has 0 aliphatic heterocycles. The van der Waals surface area contributed by atoms with Gasteiger partial charge in [0.1, 0.15) is 0 Å². The molecule has 2 aliphatic carbocycles. The van der Waals surface area contributed by atoms with Crippen molar-refractivity contribution in [1.82, 2.24) is 5.32 Å². The van der Waals surface area contributed by atoms with Crippen LogP contribution in [0.5, 0.6) is 0 Å². The zero-order valence-corrected chi connectivity index (χ0v) is 5.35. The van der Waals surface area contributed by atoms with E-state index in [1.165, 1.54) is 19.3 Å². The number of nitrogens with one attached hydrogen (secondary N) is 1. The lowest BCUT2D eigenvalue weighted by atomic mass is 9.56. The average molecular weight is 111 g/mol. The molecule has 0 aromatic rings. The van der Waals surface area contributed by atoms with Gasteiger partial charge in [-0.15, -0.1) is 0 Å². The summed E-state index contributed by atoms with van der Waals surface area (Å²) in [4.78, 5) is 0. The van der Waals surface area contributed by atoms with Crippen molar-refractivity contribution in [3.63, 3.8) is 0 Å². The predicted octanol–water partition coefficient (Wildman–Crippen LogP) is 1.00. The van der Waals surface area contributed by atoms with E-state index in [0.29, 0.717) is 0 Å².